The number of aryl methyl sites for hydroxylation is 1. The van der Waals surface area contributed by atoms with Crippen LogP contribution in [0.3, 0.4) is 0 Å². The second-order valence-electron chi connectivity index (χ2n) is 6.69. The molecule has 27 heavy (non-hydrogen) atoms. The van der Waals surface area contributed by atoms with Gasteiger partial charge in [0.15, 0.2) is 0 Å². The molecule has 0 bridgehead atoms. The first-order valence-electron chi connectivity index (χ1n) is 9.06. The van der Waals surface area contributed by atoms with E-state index in [4.69, 9.17) is 0 Å². The van der Waals surface area contributed by atoms with Gasteiger partial charge in [-0.25, -0.2) is 12.8 Å². The fourth-order valence-corrected chi connectivity index (χ4v) is 4.91. The van der Waals surface area contributed by atoms with Gasteiger partial charge in [0.2, 0.25) is 15.9 Å². The Bertz CT molecular complexity index is 927. The molecule has 3 rings (SSSR count). The molecule has 0 saturated heterocycles. The Labute approximate surface area is 159 Å². The molecule has 0 saturated carbocycles. The molecule has 0 fully saturated rings. The summed E-state index contributed by atoms with van der Waals surface area (Å²) in [4.78, 5) is 12.2. The molecule has 1 aliphatic heterocycles. The molecule has 7 heteroatoms. The molecule has 0 atom stereocenters. The Kier molecular flexibility index (Phi) is 5.79. The summed E-state index contributed by atoms with van der Waals surface area (Å²) in [5.41, 5.74) is 2.98. The number of carbonyl (C=O) groups excluding carboxylic acids is 1. The van der Waals surface area contributed by atoms with Gasteiger partial charge in [0.1, 0.15) is 5.82 Å². The number of nitrogens with one attached hydrogen (secondary N) is 1. The van der Waals surface area contributed by atoms with Crippen LogP contribution in [-0.4, -0.2) is 26.6 Å². The Hall–Kier alpha value is -2.41. The highest BCUT2D eigenvalue weighted by molar-refractivity contribution is 7.92. The molecule has 0 spiro atoms. The number of benzene rings is 2. The van der Waals surface area contributed by atoms with Crippen molar-refractivity contribution in [2.45, 2.75) is 32.6 Å². The van der Waals surface area contributed by atoms with Crippen molar-refractivity contribution in [3.8, 4) is 0 Å². The summed E-state index contributed by atoms with van der Waals surface area (Å²) in [6, 6.07) is 11.1. The smallest absolute Gasteiger partial charge is 0.235 e. The topological polar surface area (TPSA) is 66.5 Å². The monoisotopic (exact) mass is 390 g/mol. The van der Waals surface area contributed by atoms with Crippen molar-refractivity contribution >= 4 is 27.3 Å². The molecule has 0 aromatic heterocycles. The molecule has 0 aliphatic carbocycles. The summed E-state index contributed by atoms with van der Waals surface area (Å²) in [7, 11) is -3.31. The number of nitrogens with zero attached hydrogens (tertiary/aromatic N) is 1. The highest BCUT2D eigenvalue weighted by Crippen LogP contribution is 2.32. The standard InChI is InChI=1S/C20H23FN2O3S/c1-2-12-27(25,26)23-11-3-4-16-14-18(9-10-19(16)23)22-20(24)13-15-5-7-17(21)8-6-15/h5-10,14H,2-4,11-13H2,1H3,(H,22,24). The molecule has 0 radical (unpaired) electrons. The molecule has 2 aromatic carbocycles. The summed E-state index contributed by atoms with van der Waals surface area (Å²) >= 11 is 0. The van der Waals surface area contributed by atoms with E-state index in [9.17, 15) is 17.6 Å². The number of hydrogen-bond acceptors (Lipinski definition) is 3. The summed E-state index contributed by atoms with van der Waals surface area (Å²) in [6.45, 7) is 2.34. The highest BCUT2D eigenvalue weighted by atomic mass is 32.2. The van der Waals surface area contributed by atoms with Gasteiger partial charge in [0.05, 0.1) is 17.9 Å². The Morgan fingerprint density at radius 1 is 1.19 bits per heavy atom. The molecule has 1 heterocycles. The lowest BCUT2D eigenvalue weighted by Gasteiger charge is -2.30. The van der Waals surface area contributed by atoms with E-state index in [1.807, 2.05) is 13.0 Å². The third kappa shape index (κ3) is 4.66. The van der Waals surface area contributed by atoms with E-state index in [-0.39, 0.29) is 23.9 Å². The number of amides is 1. The van der Waals surface area contributed by atoms with Crippen LogP contribution in [0, 0.1) is 5.82 Å². The van der Waals surface area contributed by atoms with Crippen molar-refractivity contribution < 1.29 is 17.6 Å². The lowest BCUT2D eigenvalue weighted by Crippen LogP contribution is -2.37. The fraction of sp³-hybridized carbons (Fsp3) is 0.350. The molecule has 0 unspecified atom stereocenters. The van der Waals surface area contributed by atoms with Gasteiger partial charge in [0, 0.05) is 12.2 Å². The number of anilines is 2. The zero-order chi connectivity index (χ0) is 19.4. The zero-order valence-corrected chi connectivity index (χ0v) is 16.1. The van der Waals surface area contributed by atoms with E-state index in [2.05, 4.69) is 5.32 Å². The molecular weight excluding hydrogens is 367 g/mol. The van der Waals surface area contributed by atoms with Crippen molar-refractivity contribution in [1.29, 1.82) is 0 Å². The number of fused-ring (bicyclic) bond motifs is 1. The number of hydrogen-bond donors (Lipinski definition) is 1. The van der Waals surface area contributed by atoms with Gasteiger partial charge < -0.3 is 5.32 Å². The van der Waals surface area contributed by atoms with Crippen LogP contribution in [-0.2, 0) is 27.7 Å². The largest absolute Gasteiger partial charge is 0.326 e. The van der Waals surface area contributed by atoms with Gasteiger partial charge in [-0.2, -0.15) is 0 Å². The molecule has 1 amide bonds. The third-order valence-corrected chi connectivity index (χ3v) is 6.49. The first-order valence-corrected chi connectivity index (χ1v) is 10.7. The maximum Gasteiger partial charge on any atom is 0.235 e. The van der Waals surface area contributed by atoms with Crippen LogP contribution in [0.4, 0.5) is 15.8 Å². The van der Waals surface area contributed by atoms with Gasteiger partial charge >= 0.3 is 0 Å². The molecule has 1 aliphatic rings. The predicted molar refractivity (Wildman–Crippen MR) is 105 cm³/mol. The van der Waals surface area contributed by atoms with E-state index in [1.165, 1.54) is 16.4 Å². The fourth-order valence-electron chi connectivity index (χ4n) is 3.29. The van der Waals surface area contributed by atoms with Crippen molar-refractivity contribution in [3.63, 3.8) is 0 Å². The minimum atomic E-state index is -3.31. The normalized spacial score (nSPS) is 13.9. The van der Waals surface area contributed by atoms with E-state index in [0.29, 0.717) is 24.3 Å². The quantitative estimate of drug-likeness (QED) is 0.821. The number of carbonyl (C=O) groups is 1. The van der Waals surface area contributed by atoms with Crippen LogP contribution in [0.1, 0.15) is 30.9 Å². The summed E-state index contributed by atoms with van der Waals surface area (Å²) in [5.74, 6) is -0.410. The average Bonchev–Trinajstić information content (AvgIpc) is 2.63. The molecule has 2 aromatic rings. The second kappa shape index (κ2) is 8.08. The van der Waals surface area contributed by atoms with Gasteiger partial charge in [0.25, 0.3) is 0 Å². The van der Waals surface area contributed by atoms with Crippen molar-refractivity contribution in [1.82, 2.24) is 0 Å². The Balaban J connectivity index is 1.74. The third-order valence-electron chi connectivity index (χ3n) is 4.52. The number of sulfonamides is 1. The maximum absolute atomic E-state index is 12.9. The minimum absolute atomic E-state index is 0.128. The molecule has 5 nitrogen and oxygen atoms in total. The van der Waals surface area contributed by atoms with E-state index in [1.54, 1.807) is 24.3 Å². The van der Waals surface area contributed by atoms with Crippen molar-refractivity contribution in [2.75, 3.05) is 21.9 Å². The molecule has 1 N–H and O–H groups in total. The Morgan fingerprint density at radius 3 is 2.63 bits per heavy atom. The van der Waals surface area contributed by atoms with Crippen LogP contribution >= 0.6 is 0 Å². The average molecular weight is 390 g/mol. The van der Waals surface area contributed by atoms with Crippen LogP contribution < -0.4 is 9.62 Å². The van der Waals surface area contributed by atoms with Gasteiger partial charge in [-0.15, -0.1) is 0 Å². The first kappa shape index (κ1) is 19.4. The summed E-state index contributed by atoms with van der Waals surface area (Å²) in [5, 5.41) is 2.83. The second-order valence-corrected chi connectivity index (χ2v) is 8.70. The SMILES string of the molecule is CCCS(=O)(=O)N1CCCc2cc(NC(=O)Cc3ccc(F)cc3)ccc21. The Morgan fingerprint density at radius 2 is 1.93 bits per heavy atom. The molecular formula is C20H23FN2O3S. The van der Waals surface area contributed by atoms with Crippen LogP contribution in [0.25, 0.3) is 0 Å². The maximum atomic E-state index is 12.9. The number of rotatable bonds is 6. The first-order chi connectivity index (χ1) is 12.9. The van der Waals surface area contributed by atoms with Gasteiger partial charge in [-0.3, -0.25) is 9.10 Å². The van der Waals surface area contributed by atoms with Crippen LogP contribution in [0.2, 0.25) is 0 Å². The predicted octanol–water partition coefficient (Wildman–Crippen LogP) is 3.50. The number of halogens is 1. The zero-order valence-electron chi connectivity index (χ0n) is 15.2. The summed E-state index contributed by atoms with van der Waals surface area (Å²) in [6.07, 6.45) is 2.25. The van der Waals surface area contributed by atoms with Crippen molar-refractivity contribution in [3.05, 3.63) is 59.4 Å². The van der Waals surface area contributed by atoms with Gasteiger partial charge in [-0.05, 0) is 60.7 Å². The lowest BCUT2D eigenvalue weighted by atomic mass is 10.0. The van der Waals surface area contributed by atoms with Crippen LogP contribution in [0.5, 0.6) is 0 Å². The highest BCUT2D eigenvalue weighted by Gasteiger charge is 2.26. The molecule has 144 valence electrons. The van der Waals surface area contributed by atoms with Gasteiger partial charge in [-0.1, -0.05) is 19.1 Å². The summed E-state index contributed by atoms with van der Waals surface area (Å²) < 4.78 is 39.4. The van der Waals surface area contributed by atoms with E-state index >= 15 is 0 Å². The van der Waals surface area contributed by atoms with E-state index < -0.39 is 10.0 Å². The van der Waals surface area contributed by atoms with E-state index in [0.717, 1.165) is 24.0 Å². The van der Waals surface area contributed by atoms with Crippen molar-refractivity contribution in [2.24, 2.45) is 0 Å². The minimum Gasteiger partial charge on any atom is -0.326 e. The lowest BCUT2D eigenvalue weighted by molar-refractivity contribution is -0.115. The van der Waals surface area contributed by atoms with Crippen LogP contribution in [0.15, 0.2) is 42.5 Å².